The van der Waals surface area contributed by atoms with E-state index in [1.165, 1.54) is 64.7 Å². The molecule has 0 bridgehead atoms. The summed E-state index contributed by atoms with van der Waals surface area (Å²) in [7, 11) is 0. The third kappa shape index (κ3) is 5.32. The van der Waals surface area contributed by atoms with Gasteiger partial charge in [0.2, 0.25) is 11.8 Å². The van der Waals surface area contributed by atoms with E-state index < -0.39 is 5.41 Å². The lowest BCUT2D eigenvalue weighted by molar-refractivity contribution is 0.619. The molecule has 0 amide bonds. The Labute approximate surface area is 361 Å². The average Bonchev–Trinajstić information content (AvgIpc) is 4.12. The van der Waals surface area contributed by atoms with E-state index in [0.29, 0.717) is 11.8 Å². The fourth-order valence-corrected chi connectivity index (χ4v) is 10.9. The van der Waals surface area contributed by atoms with Crippen molar-refractivity contribution in [2.75, 3.05) is 0 Å². The number of thiophene rings is 1. The van der Waals surface area contributed by atoms with Gasteiger partial charge in [0.15, 0.2) is 11.2 Å². The molecule has 13 rings (SSSR count). The van der Waals surface area contributed by atoms with Gasteiger partial charge in [-0.15, -0.1) is 11.3 Å². The van der Waals surface area contributed by atoms with E-state index in [1.807, 2.05) is 59.9 Å². The van der Waals surface area contributed by atoms with Crippen molar-refractivity contribution in [2.45, 2.75) is 5.41 Å². The van der Waals surface area contributed by atoms with E-state index in [2.05, 4.69) is 158 Å². The molecule has 0 atom stereocenters. The van der Waals surface area contributed by atoms with Crippen LogP contribution in [0.3, 0.4) is 0 Å². The predicted molar refractivity (Wildman–Crippen MR) is 254 cm³/mol. The van der Waals surface area contributed by atoms with Crippen LogP contribution in [0.25, 0.3) is 98.7 Å². The van der Waals surface area contributed by atoms with Gasteiger partial charge in [-0.05, 0) is 128 Å². The van der Waals surface area contributed by atoms with Gasteiger partial charge in [0.05, 0.1) is 5.41 Å². The first kappa shape index (κ1) is 34.9. The van der Waals surface area contributed by atoms with Crippen molar-refractivity contribution in [3.63, 3.8) is 0 Å². The zero-order chi connectivity index (χ0) is 40.8. The minimum Gasteiger partial charge on any atom is -0.436 e. The molecule has 9 aromatic carbocycles. The number of nitrogens with zero attached hydrogens (tertiary/aromatic N) is 2. The third-order valence-electron chi connectivity index (χ3n) is 12.7. The van der Waals surface area contributed by atoms with Crippen molar-refractivity contribution in [2.24, 2.45) is 0 Å². The predicted octanol–water partition coefficient (Wildman–Crippen LogP) is 15.4. The third-order valence-corrected chi connectivity index (χ3v) is 13.8. The Kier molecular flexibility index (Phi) is 7.66. The molecule has 1 aliphatic carbocycles. The lowest BCUT2D eigenvalue weighted by Gasteiger charge is -2.34. The van der Waals surface area contributed by atoms with Crippen LogP contribution in [0.15, 0.2) is 215 Å². The highest BCUT2D eigenvalue weighted by Gasteiger charge is 2.46. The van der Waals surface area contributed by atoms with Gasteiger partial charge >= 0.3 is 0 Å². The molecule has 0 unspecified atom stereocenters. The standard InChI is InChI=1S/C57H34N2O2S/c1-3-11-41(12-4-1)57(42-13-5-2-6-14-42)47-31-39(35-19-23-37(24-20-35)55-58-49-15-7-9-17-51(49)60-55)27-29-43(47)45-34-54-46(33-48(45)57)44-30-28-40(32-53(44)62-54)36-21-25-38(26-22-36)56-59-50-16-8-10-18-52(50)61-56/h1-34H. The lowest BCUT2D eigenvalue weighted by atomic mass is 9.67. The Morgan fingerprint density at radius 1 is 0.355 bits per heavy atom. The van der Waals surface area contributed by atoms with Gasteiger partial charge in [-0.25, -0.2) is 9.97 Å². The number of benzene rings is 9. The van der Waals surface area contributed by atoms with Gasteiger partial charge in [-0.1, -0.05) is 133 Å². The molecule has 62 heavy (non-hydrogen) atoms. The van der Waals surface area contributed by atoms with Crippen LogP contribution in [-0.2, 0) is 5.41 Å². The van der Waals surface area contributed by atoms with Crippen LogP contribution in [0, 0.1) is 0 Å². The van der Waals surface area contributed by atoms with Crippen molar-refractivity contribution in [3.8, 4) is 56.3 Å². The molecule has 0 aliphatic heterocycles. The van der Waals surface area contributed by atoms with Gasteiger partial charge in [0, 0.05) is 31.3 Å². The largest absolute Gasteiger partial charge is 0.436 e. The smallest absolute Gasteiger partial charge is 0.227 e. The summed E-state index contributed by atoms with van der Waals surface area (Å²) in [5.74, 6) is 1.27. The maximum Gasteiger partial charge on any atom is 0.227 e. The maximum absolute atomic E-state index is 6.11. The highest BCUT2D eigenvalue weighted by atomic mass is 32.1. The number of rotatable bonds is 6. The summed E-state index contributed by atoms with van der Waals surface area (Å²) in [5.41, 5.74) is 17.0. The quantitative estimate of drug-likeness (QED) is 0.168. The second kappa shape index (κ2) is 13.6. The number of hydrogen-bond acceptors (Lipinski definition) is 5. The second-order valence-electron chi connectivity index (χ2n) is 16.1. The number of para-hydroxylation sites is 4. The van der Waals surface area contributed by atoms with Crippen LogP contribution in [0.5, 0.6) is 0 Å². The highest BCUT2D eigenvalue weighted by Crippen LogP contribution is 2.58. The topological polar surface area (TPSA) is 52.1 Å². The van der Waals surface area contributed by atoms with Crippen molar-refractivity contribution in [3.05, 3.63) is 229 Å². The van der Waals surface area contributed by atoms with Gasteiger partial charge in [-0.3, -0.25) is 0 Å². The zero-order valence-electron chi connectivity index (χ0n) is 33.2. The first-order chi connectivity index (χ1) is 30.7. The summed E-state index contributed by atoms with van der Waals surface area (Å²) in [4.78, 5) is 9.45. The molecule has 0 N–H and O–H groups in total. The molecule has 5 heteroatoms. The van der Waals surface area contributed by atoms with Crippen LogP contribution < -0.4 is 0 Å². The SMILES string of the molecule is c1ccc(C2(c3ccccc3)c3cc(-c4ccc(-c5nc6ccccc6o5)cc4)ccc3-c3cc4sc5cc(-c6ccc(-c7nc8ccccc8o7)cc6)ccc5c4cc32)cc1. The number of hydrogen-bond donors (Lipinski definition) is 0. The molecule has 1 aliphatic rings. The zero-order valence-corrected chi connectivity index (χ0v) is 34.1. The Morgan fingerprint density at radius 2 is 0.823 bits per heavy atom. The number of oxazole rings is 2. The van der Waals surface area contributed by atoms with E-state index in [0.717, 1.165) is 44.5 Å². The summed E-state index contributed by atoms with van der Waals surface area (Å²) < 4.78 is 14.7. The van der Waals surface area contributed by atoms with Crippen molar-refractivity contribution >= 4 is 53.7 Å². The minimum absolute atomic E-state index is 0.542. The van der Waals surface area contributed by atoms with Crippen LogP contribution >= 0.6 is 11.3 Å². The Balaban J connectivity index is 0.938. The van der Waals surface area contributed by atoms with Gasteiger partial charge in [0.1, 0.15) is 11.0 Å². The molecule has 12 aromatic rings. The first-order valence-corrected chi connectivity index (χ1v) is 21.7. The van der Waals surface area contributed by atoms with E-state index in [4.69, 9.17) is 18.8 Å². The van der Waals surface area contributed by atoms with Gasteiger partial charge in [-0.2, -0.15) is 0 Å². The molecule has 3 heterocycles. The summed E-state index contributed by atoms with van der Waals surface area (Å²) in [6.07, 6.45) is 0. The molecule has 290 valence electrons. The molecule has 0 spiro atoms. The maximum atomic E-state index is 6.11. The highest BCUT2D eigenvalue weighted by molar-refractivity contribution is 7.25. The molecule has 0 saturated heterocycles. The van der Waals surface area contributed by atoms with Crippen molar-refractivity contribution in [1.29, 1.82) is 0 Å². The monoisotopic (exact) mass is 810 g/mol. The van der Waals surface area contributed by atoms with Gasteiger partial charge < -0.3 is 8.83 Å². The molecule has 0 saturated carbocycles. The summed E-state index contributed by atoms with van der Waals surface area (Å²) in [6.45, 7) is 0. The number of fused-ring (bicyclic) bond motifs is 8. The van der Waals surface area contributed by atoms with E-state index in [-0.39, 0.29) is 0 Å². The van der Waals surface area contributed by atoms with Crippen LogP contribution in [0.1, 0.15) is 22.3 Å². The molecule has 4 nitrogen and oxygen atoms in total. The molecule has 0 radical (unpaired) electrons. The summed E-state index contributed by atoms with van der Waals surface area (Å²) >= 11 is 1.87. The second-order valence-corrected chi connectivity index (χ2v) is 17.2. The molecular formula is C57H34N2O2S. The minimum atomic E-state index is -0.542. The van der Waals surface area contributed by atoms with E-state index in [1.54, 1.807) is 0 Å². The average molecular weight is 811 g/mol. The van der Waals surface area contributed by atoms with Crippen LogP contribution in [0.4, 0.5) is 0 Å². The lowest BCUT2D eigenvalue weighted by Crippen LogP contribution is -2.28. The summed E-state index contributed by atoms with van der Waals surface area (Å²) in [5, 5.41) is 2.55. The van der Waals surface area contributed by atoms with Crippen molar-refractivity contribution in [1.82, 2.24) is 9.97 Å². The fourth-order valence-electron chi connectivity index (χ4n) is 9.72. The normalized spacial score (nSPS) is 13.0. The fraction of sp³-hybridized carbons (Fsp3) is 0.0175. The van der Waals surface area contributed by atoms with E-state index >= 15 is 0 Å². The Bertz CT molecular complexity index is 3570. The first-order valence-electron chi connectivity index (χ1n) is 20.9. The van der Waals surface area contributed by atoms with Crippen LogP contribution in [-0.4, -0.2) is 9.97 Å². The Morgan fingerprint density at radius 3 is 1.40 bits per heavy atom. The number of aromatic nitrogens is 2. The molecule has 0 fully saturated rings. The van der Waals surface area contributed by atoms with Crippen LogP contribution in [0.2, 0.25) is 0 Å². The summed E-state index contributed by atoms with van der Waals surface area (Å²) in [6, 6.07) is 73.9. The van der Waals surface area contributed by atoms with Gasteiger partial charge in [0.25, 0.3) is 0 Å². The van der Waals surface area contributed by atoms with E-state index in [9.17, 15) is 0 Å². The van der Waals surface area contributed by atoms with Crippen molar-refractivity contribution < 1.29 is 8.83 Å². The molecular weight excluding hydrogens is 777 g/mol. The molecule has 3 aromatic heterocycles. The Hall–Kier alpha value is -7.86.